The van der Waals surface area contributed by atoms with Crippen LogP contribution in [0.2, 0.25) is 5.02 Å². The molecule has 5 atom stereocenters. The quantitative estimate of drug-likeness (QED) is 0.823. The zero-order valence-corrected chi connectivity index (χ0v) is 17.1. The fraction of sp³-hybridized carbons (Fsp3) is 0.667. The zero-order chi connectivity index (χ0) is 17.6. The number of amides is 1. The summed E-state index contributed by atoms with van der Waals surface area (Å²) in [5, 5.41) is 0.760. The molecule has 0 radical (unpaired) electrons. The van der Waals surface area contributed by atoms with Gasteiger partial charge in [0.2, 0.25) is 5.91 Å². The van der Waals surface area contributed by atoms with Crippen molar-refractivity contribution in [1.82, 2.24) is 4.90 Å². The highest BCUT2D eigenvalue weighted by Crippen LogP contribution is 2.58. The van der Waals surface area contributed by atoms with Gasteiger partial charge in [-0.3, -0.25) is 4.79 Å². The summed E-state index contributed by atoms with van der Waals surface area (Å²) in [6.07, 6.45) is 6.74. The summed E-state index contributed by atoms with van der Waals surface area (Å²) in [5.41, 5.74) is 6.94. The van der Waals surface area contributed by atoms with E-state index >= 15 is 0 Å². The Kier molecular flexibility index (Phi) is 5.91. The van der Waals surface area contributed by atoms with Crippen molar-refractivity contribution in [2.45, 2.75) is 51.5 Å². The lowest BCUT2D eigenvalue weighted by molar-refractivity contribution is -0.146. The molecule has 5 unspecified atom stereocenters. The first-order valence-corrected chi connectivity index (χ1v) is 10.1. The summed E-state index contributed by atoms with van der Waals surface area (Å²) in [4.78, 5) is 15.9. The first-order valence-electron chi connectivity index (χ1n) is 9.77. The average Bonchev–Trinajstić information content (AvgIpc) is 3.30. The van der Waals surface area contributed by atoms with Crippen molar-refractivity contribution in [2.75, 3.05) is 13.1 Å². The van der Waals surface area contributed by atoms with Gasteiger partial charge in [-0.25, -0.2) is 0 Å². The van der Waals surface area contributed by atoms with Crippen molar-refractivity contribution in [1.29, 1.82) is 0 Å². The number of hydrogen-bond donors (Lipinski definition) is 1. The molecule has 0 aromatic heterocycles. The van der Waals surface area contributed by atoms with Crippen LogP contribution in [0.25, 0.3) is 0 Å². The van der Waals surface area contributed by atoms with E-state index in [1.165, 1.54) is 24.8 Å². The number of benzene rings is 1. The van der Waals surface area contributed by atoms with Gasteiger partial charge in [-0.05, 0) is 81.0 Å². The number of likely N-dealkylation sites (tertiary alicyclic amines) is 1. The molecule has 1 aromatic carbocycles. The molecule has 2 N–H and O–H groups in total. The molecule has 144 valence electrons. The maximum Gasteiger partial charge on any atom is 0.229 e. The van der Waals surface area contributed by atoms with E-state index in [1.54, 1.807) is 0 Å². The molecule has 0 spiro atoms. The predicted octanol–water partition coefficient (Wildman–Crippen LogP) is 4.31. The SMILES string of the molecule is CC1CC(CN)CN1C(=O)C1(Cc2ccc(Cl)cc2)CC2CCC1C2.Cl. The molecule has 26 heavy (non-hydrogen) atoms. The molecule has 1 aliphatic heterocycles. The Morgan fingerprint density at radius 3 is 2.54 bits per heavy atom. The molecule has 2 aliphatic carbocycles. The van der Waals surface area contributed by atoms with Gasteiger partial charge in [0.1, 0.15) is 0 Å². The van der Waals surface area contributed by atoms with Gasteiger partial charge in [-0.1, -0.05) is 30.2 Å². The van der Waals surface area contributed by atoms with Gasteiger partial charge in [-0.2, -0.15) is 0 Å². The molecule has 4 rings (SSSR count). The second-order valence-corrected chi connectivity index (χ2v) is 9.12. The molecule has 1 saturated heterocycles. The minimum Gasteiger partial charge on any atom is -0.339 e. The lowest BCUT2D eigenvalue weighted by Gasteiger charge is -2.41. The molecule has 1 aromatic rings. The van der Waals surface area contributed by atoms with E-state index in [2.05, 4.69) is 24.0 Å². The number of halogens is 2. The van der Waals surface area contributed by atoms with Crippen LogP contribution in [-0.2, 0) is 11.2 Å². The van der Waals surface area contributed by atoms with Crippen LogP contribution in [0.3, 0.4) is 0 Å². The minimum atomic E-state index is -0.200. The van der Waals surface area contributed by atoms with E-state index in [0.29, 0.717) is 30.3 Å². The Balaban J connectivity index is 0.00000196. The molecular weight excluding hydrogens is 367 g/mol. The van der Waals surface area contributed by atoms with E-state index in [0.717, 1.165) is 36.7 Å². The van der Waals surface area contributed by atoms with Crippen LogP contribution in [0.1, 0.15) is 44.6 Å². The number of carbonyl (C=O) groups excluding carboxylic acids is 1. The lowest BCUT2D eigenvalue weighted by Crippen LogP contribution is -2.49. The molecule has 3 fully saturated rings. The van der Waals surface area contributed by atoms with E-state index in [4.69, 9.17) is 17.3 Å². The third kappa shape index (κ3) is 3.39. The topological polar surface area (TPSA) is 46.3 Å². The van der Waals surface area contributed by atoms with Crippen molar-refractivity contribution in [3.05, 3.63) is 34.9 Å². The highest BCUT2D eigenvalue weighted by Gasteiger charge is 2.57. The number of carbonyl (C=O) groups is 1. The van der Waals surface area contributed by atoms with E-state index in [9.17, 15) is 4.79 Å². The van der Waals surface area contributed by atoms with Crippen molar-refractivity contribution in [2.24, 2.45) is 28.9 Å². The monoisotopic (exact) mass is 396 g/mol. The first-order chi connectivity index (χ1) is 12.0. The molecule has 1 heterocycles. The number of hydrogen-bond acceptors (Lipinski definition) is 2. The van der Waals surface area contributed by atoms with Gasteiger partial charge in [0.05, 0.1) is 5.41 Å². The van der Waals surface area contributed by atoms with Gasteiger partial charge in [0.15, 0.2) is 0 Å². The number of nitrogens with two attached hydrogens (primary N) is 1. The number of rotatable bonds is 4. The summed E-state index contributed by atoms with van der Waals surface area (Å²) in [6.45, 7) is 3.72. The molecular formula is C21H30Cl2N2O. The van der Waals surface area contributed by atoms with Crippen LogP contribution in [0.5, 0.6) is 0 Å². The molecule has 1 amide bonds. The van der Waals surface area contributed by atoms with Crippen LogP contribution < -0.4 is 5.73 Å². The third-order valence-corrected chi connectivity index (χ3v) is 7.34. The van der Waals surface area contributed by atoms with E-state index in [1.807, 2.05) is 12.1 Å². The number of fused-ring (bicyclic) bond motifs is 2. The van der Waals surface area contributed by atoms with Crippen LogP contribution in [0.4, 0.5) is 0 Å². The molecule has 2 bridgehead atoms. The normalized spacial score (nSPS) is 35.6. The zero-order valence-electron chi connectivity index (χ0n) is 15.5. The van der Waals surface area contributed by atoms with Gasteiger partial charge < -0.3 is 10.6 Å². The molecule has 5 heteroatoms. The van der Waals surface area contributed by atoms with Crippen molar-refractivity contribution >= 4 is 29.9 Å². The van der Waals surface area contributed by atoms with Crippen molar-refractivity contribution < 1.29 is 4.79 Å². The summed E-state index contributed by atoms with van der Waals surface area (Å²) in [5.74, 6) is 2.15. The highest BCUT2D eigenvalue weighted by molar-refractivity contribution is 6.30. The Labute approximate surface area is 168 Å². The maximum atomic E-state index is 13.8. The smallest absolute Gasteiger partial charge is 0.229 e. The lowest BCUT2D eigenvalue weighted by atomic mass is 9.68. The summed E-state index contributed by atoms with van der Waals surface area (Å²) in [7, 11) is 0. The largest absolute Gasteiger partial charge is 0.339 e. The van der Waals surface area contributed by atoms with Gasteiger partial charge in [-0.15, -0.1) is 12.4 Å². The van der Waals surface area contributed by atoms with Crippen LogP contribution in [0.15, 0.2) is 24.3 Å². The average molecular weight is 397 g/mol. The summed E-state index contributed by atoms with van der Waals surface area (Å²) >= 11 is 6.06. The predicted molar refractivity (Wildman–Crippen MR) is 109 cm³/mol. The Morgan fingerprint density at radius 2 is 2.00 bits per heavy atom. The van der Waals surface area contributed by atoms with E-state index < -0.39 is 0 Å². The first kappa shape index (κ1) is 20.0. The van der Waals surface area contributed by atoms with Crippen LogP contribution >= 0.6 is 24.0 Å². The Hall–Kier alpha value is -0.770. The second kappa shape index (κ2) is 7.69. The Morgan fingerprint density at radius 1 is 1.27 bits per heavy atom. The van der Waals surface area contributed by atoms with Crippen molar-refractivity contribution in [3.8, 4) is 0 Å². The third-order valence-electron chi connectivity index (χ3n) is 7.09. The fourth-order valence-corrected chi connectivity index (χ4v) is 5.97. The summed E-state index contributed by atoms with van der Waals surface area (Å²) < 4.78 is 0. The standard InChI is InChI=1S/C21H29ClN2O.ClH/c1-14-8-17(12-23)13-24(14)20(25)21(11-16-2-5-18(21)9-16)10-15-3-6-19(22)7-4-15;/h3-4,6-7,14,16-18H,2,5,8-13,23H2,1H3;1H. The van der Waals surface area contributed by atoms with E-state index in [-0.39, 0.29) is 17.8 Å². The maximum absolute atomic E-state index is 13.8. The van der Waals surface area contributed by atoms with Gasteiger partial charge >= 0.3 is 0 Å². The second-order valence-electron chi connectivity index (χ2n) is 8.68. The molecule has 3 aliphatic rings. The van der Waals surface area contributed by atoms with Crippen LogP contribution in [0, 0.1) is 23.2 Å². The van der Waals surface area contributed by atoms with Crippen molar-refractivity contribution in [3.63, 3.8) is 0 Å². The summed E-state index contributed by atoms with van der Waals surface area (Å²) in [6, 6.07) is 8.41. The number of nitrogens with zero attached hydrogens (tertiary/aromatic N) is 1. The highest BCUT2D eigenvalue weighted by atomic mass is 35.5. The molecule has 3 nitrogen and oxygen atoms in total. The molecule has 2 saturated carbocycles. The van der Waals surface area contributed by atoms with Crippen LogP contribution in [-0.4, -0.2) is 29.9 Å². The minimum absolute atomic E-state index is 0. The fourth-order valence-electron chi connectivity index (χ4n) is 5.85. The van der Waals surface area contributed by atoms with Gasteiger partial charge in [0, 0.05) is 17.6 Å². The Bertz CT molecular complexity index is 650. The van der Waals surface area contributed by atoms with Gasteiger partial charge in [0.25, 0.3) is 0 Å².